The zero-order valence-corrected chi connectivity index (χ0v) is 11.9. The van der Waals surface area contributed by atoms with Gasteiger partial charge in [0.1, 0.15) is 11.2 Å². The van der Waals surface area contributed by atoms with Crippen molar-refractivity contribution in [3.05, 3.63) is 35.5 Å². The van der Waals surface area contributed by atoms with Gasteiger partial charge in [-0.2, -0.15) is 4.98 Å². The Hall–Kier alpha value is -2.24. The van der Waals surface area contributed by atoms with E-state index in [-0.39, 0.29) is 17.7 Å². The molecule has 0 amide bonds. The number of carbonyl (C=O) groups is 1. The predicted octanol–water partition coefficient (Wildman–Crippen LogP) is 2.78. The molecule has 2 aromatic rings. The third-order valence-corrected chi connectivity index (χ3v) is 3.68. The fourth-order valence-electron chi connectivity index (χ4n) is 2.30. The molecule has 0 aliphatic heterocycles. The third-order valence-electron chi connectivity index (χ3n) is 3.68. The molecule has 0 atom stereocenters. The fourth-order valence-corrected chi connectivity index (χ4v) is 2.30. The number of hydrogen-bond donors (Lipinski definition) is 0. The lowest BCUT2D eigenvalue weighted by atomic mass is 10.1. The molecule has 1 fully saturated rings. The lowest BCUT2D eigenvalue weighted by molar-refractivity contribution is -0.146. The highest BCUT2D eigenvalue weighted by atomic mass is 19.1. The number of esters is 1. The monoisotopic (exact) mass is 290 g/mol. The Kier molecular flexibility index (Phi) is 3.23. The van der Waals surface area contributed by atoms with E-state index in [4.69, 9.17) is 9.26 Å². The minimum Gasteiger partial charge on any atom is -0.465 e. The van der Waals surface area contributed by atoms with Crippen LogP contribution in [0.1, 0.15) is 31.2 Å². The second-order valence-corrected chi connectivity index (χ2v) is 5.18. The van der Waals surface area contributed by atoms with Gasteiger partial charge in [0.2, 0.25) is 11.7 Å². The summed E-state index contributed by atoms with van der Waals surface area (Å²) in [6.45, 7) is 3.85. The second-order valence-electron chi connectivity index (χ2n) is 5.18. The van der Waals surface area contributed by atoms with Crippen LogP contribution >= 0.6 is 0 Å². The average Bonchev–Trinajstić information content (AvgIpc) is 3.12. The van der Waals surface area contributed by atoms with E-state index in [1.165, 1.54) is 12.1 Å². The third kappa shape index (κ3) is 2.30. The SMILES string of the molecule is CCOC(=O)C1(c2nc(-c3ccc(F)cc3C)no2)CC1. The molecule has 1 aliphatic carbocycles. The van der Waals surface area contributed by atoms with Crippen LogP contribution in [0.2, 0.25) is 0 Å². The summed E-state index contributed by atoms with van der Waals surface area (Å²) in [6.07, 6.45) is 1.30. The summed E-state index contributed by atoms with van der Waals surface area (Å²) >= 11 is 0. The molecule has 0 radical (unpaired) electrons. The topological polar surface area (TPSA) is 65.2 Å². The van der Waals surface area contributed by atoms with Gasteiger partial charge in [-0.25, -0.2) is 4.39 Å². The van der Waals surface area contributed by atoms with E-state index in [0.717, 1.165) is 0 Å². The van der Waals surface area contributed by atoms with Crippen LogP contribution in [0.15, 0.2) is 22.7 Å². The first-order valence-corrected chi connectivity index (χ1v) is 6.85. The molecule has 21 heavy (non-hydrogen) atoms. The van der Waals surface area contributed by atoms with Gasteiger partial charge < -0.3 is 9.26 Å². The first-order valence-electron chi connectivity index (χ1n) is 6.85. The number of benzene rings is 1. The molecule has 110 valence electrons. The summed E-state index contributed by atoms with van der Waals surface area (Å²) in [4.78, 5) is 16.3. The molecular formula is C15H15FN2O3. The van der Waals surface area contributed by atoms with E-state index in [1.807, 2.05) is 0 Å². The number of halogens is 1. The van der Waals surface area contributed by atoms with Gasteiger partial charge in [0.25, 0.3) is 0 Å². The maximum atomic E-state index is 13.1. The molecule has 3 rings (SSSR count). The summed E-state index contributed by atoms with van der Waals surface area (Å²) in [5.74, 6) is -0.000989. The molecule has 0 N–H and O–H groups in total. The molecule has 0 saturated heterocycles. The highest BCUT2D eigenvalue weighted by Crippen LogP contribution is 2.48. The first kappa shape index (κ1) is 13.7. The Morgan fingerprint density at radius 2 is 2.24 bits per heavy atom. The Balaban J connectivity index is 1.92. The van der Waals surface area contributed by atoms with Crippen molar-refractivity contribution in [2.45, 2.75) is 32.1 Å². The minimum atomic E-state index is -0.783. The van der Waals surface area contributed by atoms with Gasteiger partial charge in [-0.15, -0.1) is 0 Å². The highest BCUT2D eigenvalue weighted by Gasteiger charge is 2.57. The standard InChI is InChI=1S/C15H15FN2O3/c1-3-20-14(19)15(6-7-15)13-17-12(18-21-13)11-5-4-10(16)8-9(11)2/h4-5,8H,3,6-7H2,1-2H3. The number of nitrogens with zero attached hydrogens (tertiary/aromatic N) is 2. The molecule has 0 spiro atoms. The Labute approximate surface area is 121 Å². The van der Waals surface area contributed by atoms with Crippen molar-refractivity contribution in [2.24, 2.45) is 0 Å². The van der Waals surface area contributed by atoms with Crippen LogP contribution in [0.3, 0.4) is 0 Å². The van der Waals surface area contributed by atoms with E-state index < -0.39 is 5.41 Å². The van der Waals surface area contributed by atoms with E-state index in [2.05, 4.69) is 10.1 Å². The largest absolute Gasteiger partial charge is 0.465 e. The van der Waals surface area contributed by atoms with Gasteiger partial charge in [-0.3, -0.25) is 4.79 Å². The van der Waals surface area contributed by atoms with Crippen LogP contribution < -0.4 is 0 Å². The van der Waals surface area contributed by atoms with Crippen LogP contribution in [0.5, 0.6) is 0 Å². The number of aromatic nitrogens is 2. The van der Waals surface area contributed by atoms with Crippen molar-refractivity contribution >= 4 is 5.97 Å². The van der Waals surface area contributed by atoms with Gasteiger partial charge >= 0.3 is 5.97 Å². The lowest BCUT2D eigenvalue weighted by Gasteiger charge is -2.08. The van der Waals surface area contributed by atoms with Crippen LogP contribution in [-0.4, -0.2) is 22.7 Å². The molecule has 1 aromatic carbocycles. The molecule has 6 heteroatoms. The predicted molar refractivity (Wildman–Crippen MR) is 72.0 cm³/mol. The normalized spacial score (nSPS) is 15.8. The molecule has 0 bridgehead atoms. The van der Waals surface area contributed by atoms with Crippen molar-refractivity contribution in [3.8, 4) is 11.4 Å². The fraction of sp³-hybridized carbons (Fsp3) is 0.400. The first-order chi connectivity index (χ1) is 10.1. The van der Waals surface area contributed by atoms with Crippen LogP contribution in [0.25, 0.3) is 11.4 Å². The van der Waals surface area contributed by atoms with E-state index in [0.29, 0.717) is 36.4 Å². The summed E-state index contributed by atoms with van der Waals surface area (Å²) in [5.41, 5.74) is 0.615. The van der Waals surface area contributed by atoms with Crippen LogP contribution in [0.4, 0.5) is 4.39 Å². The van der Waals surface area contributed by atoms with E-state index in [9.17, 15) is 9.18 Å². The molecule has 5 nitrogen and oxygen atoms in total. The Morgan fingerprint density at radius 3 is 2.86 bits per heavy atom. The Bertz CT molecular complexity index is 692. The maximum absolute atomic E-state index is 13.1. The van der Waals surface area contributed by atoms with Gasteiger partial charge in [0.15, 0.2) is 0 Å². The van der Waals surface area contributed by atoms with Crippen molar-refractivity contribution in [2.75, 3.05) is 6.61 Å². The van der Waals surface area contributed by atoms with Gasteiger partial charge in [-0.05, 0) is 50.5 Å². The Morgan fingerprint density at radius 1 is 1.48 bits per heavy atom. The molecular weight excluding hydrogens is 275 g/mol. The number of ether oxygens (including phenoxy) is 1. The zero-order valence-electron chi connectivity index (χ0n) is 11.9. The van der Waals surface area contributed by atoms with E-state index >= 15 is 0 Å². The average molecular weight is 290 g/mol. The summed E-state index contributed by atoms with van der Waals surface area (Å²) in [7, 11) is 0. The van der Waals surface area contributed by atoms with Crippen LogP contribution in [0, 0.1) is 12.7 Å². The summed E-state index contributed by atoms with van der Waals surface area (Å²) in [5, 5.41) is 3.91. The lowest BCUT2D eigenvalue weighted by Crippen LogP contribution is -2.23. The van der Waals surface area contributed by atoms with Crippen LogP contribution in [-0.2, 0) is 14.9 Å². The molecule has 1 aromatic heterocycles. The van der Waals surface area contributed by atoms with Crippen molar-refractivity contribution < 1.29 is 18.4 Å². The number of carbonyl (C=O) groups excluding carboxylic acids is 1. The molecule has 0 unspecified atom stereocenters. The zero-order chi connectivity index (χ0) is 15.0. The summed E-state index contributed by atoms with van der Waals surface area (Å²) in [6, 6.07) is 4.35. The van der Waals surface area contributed by atoms with Crippen molar-refractivity contribution in [1.82, 2.24) is 10.1 Å². The van der Waals surface area contributed by atoms with Gasteiger partial charge in [0, 0.05) is 5.56 Å². The maximum Gasteiger partial charge on any atom is 0.321 e. The second kappa shape index (κ2) is 4.95. The number of rotatable bonds is 4. The molecule has 1 aliphatic rings. The smallest absolute Gasteiger partial charge is 0.321 e. The summed E-state index contributed by atoms with van der Waals surface area (Å²) < 4.78 is 23.4. The van der Waals surface area contributed by atoms with Crippen molar-refractivity contribution in [1.29, 1.82) is 0 Å². The van der Waals surface area contributed by atoms with Gasteiger partial charge in [-0.1, -0.05) is 5.16 Å². The highest BCUT2D eigenvalue weighted by molar-refractivity contribution is 5.85. The minimum absolute atomic E-state index is 0.277. The number of aryl methyl sites for hydroxylation is 1. The molecule has 1 saturated carbocycles. The van der Waals surface area contributed by atoms with E-state index in [1.54, 1.807) is 19.9 Å². The van der Waals surface area contributed by atoms with Gasteiger partial charge in [0.05, 0.1) is 6.61 Å². The molecule has 1 heterocycles. The number of hydrogen-bond acceptors (Lipinski definition) is 5. The van der Waals surface area contributed by atoms with Crippen molar-refractivity contribution in [3.63, 3.8) is 0 Å². The quantitative estimate of drug-likeness (QED) is 0.810.